The molecule has 0 radical (unpaired) electrons. The normalized spacial score (nSPS) is 18.7. The number of aromatic nitrogens is 2. The molecule has 1 aliphatic carbocycles. The Kier molecular flexibility index (Phi) is 7.90. The molecular weight excluding hydrogens is 441 g/mol. The van der Waals surface area contributed by atoms with Gasteiger partial charge < -0.3 is 20.7 Å². The van der Waals surface area contributed by atoms with Crippen molar-refractivity contribution in [1.82, 2.24) is 15.3 Å². The van der Waals surface area contributed by atoms with E-state index in [0.717, 1.165) is 38.4 Å². The van der Waals surface area contributed by atoms with Crippen molar-refractivity contribution in [3.8, 4) is 5.75 Å². The number of anilines is 2. The summed E-state index contributed by atoms with van der Waals surface area (Å²) in [4.78, 5) is 20.3. The van der Waals surface area contributed by atoms with Crippen LogP contribution in [0.5, 0.6) is 5.75 Å². The van der Waals surface area contributed by atoms with Crippen molar-refractivity contribution >= 4 is 17.5 Å². The van der Waals surface area contributed by atoms with E-state index in [0.29, 0.717) is 12.6 Å². The van der Waals surface area contributed by atoms with Crippen molar-refractivity contribution in [2.24, 2.45) is 5.92 Å². The van der Waals surface area contributed by atoms with Crippen molar-refractivity contribution in [3.05, 3.63) is 46.1 Å². The highest BCUT2D eigenvalue weighted by molar-refractivity contribution is 5.54. The number of para-hydroxylation sites is 1. The minimum Gasteiger partial charge on any atom is -0.405 e. The summed E-state index contributed by atoms with van der Waals surface area (Å²) < 4.78 is 42.8. The molecule has 1 heterocycles. The van der Waals surface area contributed by atoms with Crippen LogP contribution in [0, 0.1) is 16.0 Å². The van der Waals surface area contributed by atoms with E-state index in [1.54, 1.807) is 11.0 Å². The number of nitro groups is 1. The molecule has 33 heavy (non-hydrogen) atoms. The molecule has 3 N–H and O–H groups in total. The summed E-state index contributed by atoms with van der Waals surface area (Å²) >= 11 is 0. The summed E-state index contributed by atoms with van der Waals surface area (Å²) in [7, 11) is 0. The largest absolute Gasteiger partial charge is 0.573 e. The second-order valence-electron chi connectivity index (χ2n) is 8.01. The summed E-state index contributed by atoms with van der Waals surface area (Å²) in [6.07, 6.45) is 0.0200. The number of nitrogens with zero attached hydrogens (tertiary/aromatic N) is 4. The number of ether oxygens (including phenoxy) is 1. The average molecular weight is 468 g/mol. The van der Waals surface area contributed by atoms with Crippen molar-refractivity contribution in [2.75, 3.05) is 23.7 Å². The number of hydrogen-bond donors (Lipinski definition) is 2. The van der Waals surface area contributed by atoms with E-state index in [1.165, 1.54) is 18.2 Å². The van der Waals surface area contributed by atoms with Gasteiger partial charge in [-0.3, -0.25) is 10.1 Å². The maximum Gasteiger partial charge on any atom is 0.573 e. The number of benzene rings is 1. The van der Waals surface area contributed by atoms with Crippen LogP contribution in [0.4, 0.5) is 30.6 Å². The van der Waals surface area contributed by atoms with E-state index in [-0.39, 0.29) is 35.5 Å². The third-order valence-corrected chi connectivity index (χ3v) is 5.64. The van der Waals surface area contributed by atoms with Crippen LogP contribution in [-0.4, -0.2) is 40.4 Å². The Morgan fingerprint density at radius 3 is 2.58 bits per heavy atom. The molecular formula is C21H27F3N6O3. The maximum absolute atomic E-state index is 12.9. The van der Waals surface area contributed by atoms with Crippen LogP contribution in [0.15, 0.2) is 30.5 Å². The van der Waals surface area contributed by atoms with E-state index >= 15 is 0 Å². The van der Waals surface area contributed by atoms with Gasteiger partial charge in [-0.15, -0.1) is 13.2 Å². The molecule has 0 amide bonds. The van der Waals surface area contributed by atoms with Crippen molar-refractivity contribution in [1.29, 1.82) is 0 Å². The van der Waals surface area contributed by atoms with Crippen LogP contribution in [0.25, 0.3) is 0 Å². The summed E-state index contributed by atoms with van der Waals surface area (Å²) in [6.45, 7) is 3.45. The van der Waals surface area contributed by atoms with Gasteiger partial charge in [0.1, 0.15) is 11.9 Å². The number of alkyl halides is 3. The zero-order chi connectivity index (χ0) is 24.0. The van der Waals surface area contributed by atoms with E-state index in [2.05, 4.69) is 26.9 Å². The molecule has 0 aliphatic heterocycles. The highest BCUT2D eigenvalue weighted by Crippen LogP contribution is 2.31. The summed E-state index contributed by atoms with van der Waals surface area (Å²) in [6, 6.07) is 6.30. The van der Waals surface area contributed by atoms with Crippen LogP contribution in [-0.2, 0) is 6.54 Å². The van der Waals surface area contributed by atoms with Gasteiger partial charge in [0.2, 0.25) is 11.8 Å². The molecule has 0 atom stereocenters. The fourth-order valence-electron chi connectivity index (χ4n) is 4.10. The zero-order valence-electron chi connectivity index (χ0n) is 18.2. The topological polar surface area (TPSA) is 119 Å². The second-order valence-corrected chi connectivity index (χ2v) is 8.01. The minimum atomic E-state index is -4.83. The molecule has 0 unspecified atom stereocenters. The smallest absolute Gasteiger partial charge is 0.405 e. The van der Waals surface area contributed by atoms with Crippen LogP contribution in [0.2, 0.25) is 0 Å². The van der Waals surface area contributed by atoms with Gasteiger partial charge in [-0.25, -0.2) is 4.98 Å². The predicted octanol–water partition coefficient (Wildman–Crippen LogP) is 4.04. The monoisotopic (exact) mass is 468 g/mol. The quantitative estimate of drug-likeness (QED) is 0.418. The van der Waals surface area contributed by atoms with Crippen LogP contribution >= 0.6 is 0 Å². The van der Waals surface area contributed by atoms with E-state index < -0.39 is 17.0 Å². The molecule has 12 heteroatoms. The SMILES string of the molecule is CCNC1CCC(CN(Cc2ccccc2OC(F)(F)F)c2ncc([N+](=O)[O-])c(N)n2)CC1. The minimum absolute atomic E-state index is 0.0244. The Labute approximate surface area is 189 Å². The van der Waals surface area contributed by atoms with Crippen LogP contribution in [0.3, 0.4) is 0 Å². The number of nitrogen functional groups attached to an aromatic ring is 1. The highest BCUT2D eigenvalue weighted by atomic mass is 19.4. The van der Waals surface area contributed by atoms with Gasteiger partial charge >= 0.3 is 12.0 Å². The molecule has 2 aromatic rings. The molecule has 1 aliphatic rings. The maximum atomic E-state index is 12.9. The molecule has 180 valence electrons. The molecule has 1 fully saturated rings. The van der Waals surface area contributed by atoms with Crippen molar-refractivity contribution < 1.29 is 22.8 Å². The van der Waals surface area contributed by atoms with Crippen LogP contribution < -0.4 is 20.7 Å². The predicted molar refractivity (Wildman–Crippen MR) is 117 cm³/mol. The highest BCUT2D eigenvalue weighted by Gasteiger charge is 2.32. The lowest BCUT2D eigenvalue weighted by atomic mass is 9.85. The lowest BCUT2D eigenvalue weighted by Crippen LogP contribution is -2.37. The lowest BCUT2D eigenvalue weighted by molar-refractivity contribution is -0.384. The fourth-order valence-corrected chi connectivity index (χ4v) is 4.10. The standard InChI is InChI=1S/C21H27F3N6O3/c1-2-26-16-9-7-14(8-10-16)12-29(20-27-11-17(30(31)32)19(25)28-20)13-15-5-3-4-6-18(15)33-21(22,23)24/h3-6,11,14,16,26H,2,7-10,12-13H2,1H3,(H2,25,27,28). The van der Waals surface area contributed by atoms with E-state index in [1.807, 2.05) is 0 Å². The Bertz CT molecular complexity index is 951. The Morgan fingerprint density at radius 1 is 1.27 bits per heavy atom. The molecule has 0 saturated heterocycles. The Balaban J connectivity index is 1.85. The summed E-state index contributed by atoms with van der Waals surface area (Å²) in [5, 5.41) is 14.5. The molecule has 1 saturated carbocycles. The second kappa shape index (κ2) is 10.6. The first kappa shape index (κ1) is 24.5. The van der Waals surface area contributed by atoms with Gasteiger partial charge in [-0.1, -0.05) is 25.1 Å². The number of hydrogen-bond acceptors (Lipinski definition) is 8. The Hall–Kier alpha value is -3.15. The number of rotatable bonds is 9. The van der Waals surface area contributed by atoms with Crippen molar-refractivity contribution in [2.45, 2.75) is 51.6 Å². The third kappa shape index (κ3) is 6.91. The van der Waals surface area contributed by atoms with E-state index in [9.17, 15) is 23.3 Å². The third-order valence-electron chi connectivity index (χ3n) is 5.64. The lowest BCUT2D eigenvalue weighted by Gasteiger charge is -2.33. The van der Waals surface area contributed by atoms with Gasteiger partial charge in [-0.05, 0) is 44.2 Å². The molecule has 3 rings (SSSR count). The van der Waals surface area contributed by atoms with Gasteiger partial charge in [0.25, 0.3) is 0 Å². The number of halogens is 3. The molecule has 1 aromatic heterocycles. The summed E-state index contributed by atoms with van der Waals surface area (Å²) in [5.74, 6) is -0.240. The first-order valence-electron chi connectivity index (χ1n) is 10.7. The molecule has 0 spiro atoms. The average Bonchev–Trinajstić information content (AvgIpc) is 2.74. The van der Waals surface area contributed by atoms with Gasteiger partial charge in [0, 0.05) is 24.7 Å². The van der Waals surface area contributed by atoms with Gasteiger partial charge in [0.05, 0.1) is 4.92 Å². The Morgan fingerprint density at radius 2 is 1.97 bits per heavy atom. The molecule has 0 bridgehead atoms. The summed E-state index contributed by atoms with van der Waals surface area (Å²) in [5.41, 5.74) is 5.61. The van der Waals surface area contributed by atoms with Crippen molar-refractivity contribution in [3.63, 3.8) is 0 Å². The van der Waals surface area contributed by atoms with E-state index in [4.69, 9.17) is 5.73 Å². The fraction of sp³-hybridized carbons (Fsp3) is 0.524. The molecule has 1 aromatic carbocycles. The number of nitrogens with one attached hydrogen (secondary N) is 1. The van der Waals surface area contributed by atoms with Gasteiger partial charge in [0.15, 0.2) is 0 Å². The first-order chi connectivity index (χ1) is 15.7. The number of nitrogens with two attached hydrogens (primary N) is 1. The molecule has 9 nitrogen and oxygen atoms in total. The van der Waals surface area contributed by atoms with Gasteiger partial charge in [-0.2, -0.15) is 4.98 Å². The zero-order valence-corrected chi connectivity index (χ0v) is 18.2. The van der Waals surface area contributed by atoms with Crippen LogP contribution in [0.1, 0.15) is 38.2 Å². The first-order valence-corrected chi connectivity index (χ1v) is 10.7.